The lowest BCUT2D eigenvalue weighted by Gasteiger charge is -2.64. The number of hydrogen-bond acceptors (Lipinski definition) is 6. The van der Waals surface area contributed by atoms with E-state index in [2.05, 4.69) is 38.2 Å². The van der Waals surface area contributed by atoms with E-state index in [4.69, 9.17) is 18.8 Å². The summed E-state index contributed by atoms with van der Waals surface area (Å²) in [5.74, 6) is 0.748. The Bertz CT molecular complexity index is 1060. The average molecular weight is 555 g/mol. The second-order valence-electron chi connectivity index (χ2n) is 14.0. The average Bonchev–Trinajstić information content (AvgIpc) is 3.49. The van der Waals surface area contributed by atoms with Gasteiger partial charge in [0.25, 0.3) is 0 Å². The van der Waals surface area contributed by atoms with E-state index in [0.29, 0.717) is 31.4 Å². The molecule has 0 aromatic heterocycles. The Morgan fingerprint density at radius 3 is 2.62 bits per heavy atom. The first-order valence-corrected chi connectivity index (χ1v) is 15.1. The normalized spacial score (nSPS) is 31.4. The van der Waals surface area contributed by atoms with Crippen LogP contribution in [0, 0.1) is 17.3 Å². The molecule has 220 valence electrons. The Morgan fingerprint density at radius 2 is 1.93 bits per heavy atom. The Kier molecular flexibility index (Phi) is 8.30. The molecule has 0 unspecified atom stereocenters. The zero-order chi connectivity index (χ0) is 28.7. The van der Waals surface area contributed by atoms with Crippen molar-refractivity contribution in [1.82, 2.24) is 10.2 Å². The van der Waals surface area contributed by atoms with Crippen LogP contribution in [0.1, 0.15) is 79.2 Å². The molecule has 6 rings (SSSR count). The monoisotopic (exact) mass is 554 g/mol. The molecule has 1 aromatic rings. The van der Waals surface area contributed by atoms with Crippen LogP contribution in [0.3, 0.4) is 0 Å². The lowest BCUT2D eigenvalue weighted by molar-refractivity contribution is -0.199. The molecule has 5 fully saturated rings. The Labute approximate surface area is 240 Å². The lowest BCUT2D eigenvalue weighted by Crippen LogP contribution is -2.65. The number of amides is 2. The number of hydrogen-bond donors (Lipinski definition) is 1. The van der Waals surface area contributed by atoms with Gasteiger partial charge >= 0.3 is 13.2 Å². The zero-order valence-electron chi connectivity index (χ0n) is 25.1. The topological polar surface area (TPSA) is 86.3 Å². The summed E-state index contributed by atoms with van der Waals surface area (Å²) in [6.07, 6.45) is 4.63. The molecule has 0 radical (unpaired) electrons. The fourth-order valence-corrected chi connectivity index (χ4v) is 7.39. The van der Waals surface area contributed by atoms with Gasteiger partial charge in [0.1, 0.15) is 5.60 Å². The molecule has 5 aliphatic rings. The number of carbonyl (C=O) groups excluding carboxylic acids is 2. The molecule has 2 saturated heterocycles. The SMILES string of the molecule is CC(C)(C)OC(=O)N1CCC[C@@H]1COCCC(=O)N[C@H](Cc1ccccc1)B1O[C@@H]2C[C@@H]3C[C@@H](C3(C)C)[C@]2(C)O1. The quantitative estimate of drug-likeness (QED) is 0.349. The fourth-order valence-electron chi connectivity index (χ4n) is 7.39. The highest BCUT2D eigenvalue weighted by Gasteiger charge is 2.68. The molecule has 8 nitrogen and oxygen atoms in total. The second-order valence-corrected chi connectivity index (χ2v) is 14.0. The van der Waals surface area contributed by atoms with Crippen molar-refractivity contribution in [1.29, 1.82) is 0 Å². The molecule has 40 heavy (non-hydrogen) atoms. The van der Waals surface area contributed by atoms with Crippen LogP contribution in [0.4, 0.5) is 4.79 Å². The van der Waals surface area contributed by atoms with E-state index in [1.165, 1.54) is 6.42 Å². The van der Waals surface area contributed by atoms with Crippen molar-refractivity contribution in [3.63, 3.8) is 0 Å². The van der Waals surface area contributed by atoms with Crippen molar-refractivity contribution in [2.24, 2.45) is 17.3 Å². The first-order valence-electron chi connectivity index (χ1n) is 15.1. The van der Waals surface area contributed by atoms with Crippen LogP contribution in [-0.4, -0.2) is 73.1 Å². The highest BCUT2D eigenvalue weighted by Crippen LogP contribution is 2.65. The van der Waals surface area contributed by atoms with Gasteiger partial charge in [-0.1, -0.05) is 44.2 Å². The molecule has 1 aromatic carbocycles. The molecule has 2 amide bonds. The van der Waals surface area contributed by atoms with Crippen LogP contribution < -0.4 is 5.32 Å². The van der Waals surface area contributed by atoms with Crippen molar-refractivity contribution in [3.05, 3.63) is 35.9 Å². The lowest BCUT2D eigenvalue weighted by atomic mass is 9.43. The number of ether oxygens (including phenoxy) is 2. The summed E-state index contributed by atoms with van der Waals surface area (Å²) in [6, 6.07) is 10.1. The summed E-state index contributed by atoms with van der Waals surface area (Å²) in [5.41, 5.74) is 0.534. The molecule has 3 aliphatic carbocycles. The van der Waals surface area contributed by atoms with Gasteiger partial charge in [-0.15, -0.1) is 0 Å². The minimum atomic E-state index is -0.530. The molecule has 3 saturated carbocycles. The van der Waals surface area contributed by atoms with E-state index >= 15 is 0 Å². The van der Waals surface area contributed by atoms with E-state index in [-0.39, 0.29) is 54.1 Å². The summed E-state index contributed by atoms with van der Waals surface area (Å²) in [5, 5.41) is 3.21. The van der Waals surface area contributed by atoms with Crippen LogP contribution >= 0.6 is 0 Å². The van der Waals surface area contributed by atoms with Crippen molar-refractivity contribution < 1.29 is 28.4 Å². The summed E-state index contributed by atoms with van der Waals surface area (Å²) >= 11 is 0. The van der Waals surface area contributed by atoms with E-state index < -0.39 is 12.7 Å². The molecule has 6 atom stereocenters. The standard InChI is InChI=1S/C31H47BN2O6/c1-29(2,3)38-28(36)34-15-10-13-23(34)20-37-16-14-27(35)33-26(17-21-11-8-7-9-12-21)32-39-25-19-22-18-24(30(22,4)5)31(25,6)40-32/h7-9,11-12,22-26H,10,13-20H2,1-6H3,(H,33,35)/t22-,23+,24-,25+,26+,31-/m0/s1. The molecule has 0 spiro atoms. The van der Waals surface area contributed by atoms with Crippen molar-refractivity contribution in [2.45, 2.75) is 109 Å². The summed E-state index contributed by atoms with van der Waals surface area (Å²) in [4.78, 5) is 27.4. The zero-order valence-corrected chi connectivity index (χ0v) is 25.1. The maximum Gasteiger partial charge on any atom is 0.482 e. The summed E-state index contributed by atoms with van der Waals surface area (Å²) in [6.45, 7) is 13.9. The van der Waals surface area contributed by atoms with Gasteiger partial charge in [-0.3, -0.25) is 4.79 Å². The van der Waals surface area contributed by atoms with Crippen LogP contribution in [0.5, 0.6) is 0 Å². The van der Waals surface area contributed by atoms with Crippen LogP contribution in [0.25, 0.3) is 0 Å². The van der Waals surface area contributed by atoms with Gasteiger partial charge in [0, 0.05) is 13.0 Å². The molecule has 2 heterocycles. The maximum atomic E-state index is 13.1. The van der Waals surface area contributed by atoms with Crippen LogP contribution in [0.15, 0.2) is 30.3 Å². The Balaban J connectivity index is 1.15. The minimum Gasteiger partial charge on any atom is -0.444 e. The number of nitrogens with one attached hydrogen (secondary N) is 1. The largest absolute Gasteiger partial charge is 0.482 e. The van der Waals surface area contributed by atoms with Crippen LogP contribution in [-0.2, 0) is 30.0 Å². The van der Waals surface area contributed by atoms with E-state index in [1.807, 2.05) is 39.0 Å². The number of likely N-dealkylation sites (tertiary alicyclic amines) is 1. The van der Waals surface area contributed by atoms with E-state index in [0.717, 1.165) is 24.8 Å². The van der Waals surface area contributed by atoms with Crippen molar-refractivity contribution in [2.75, 3.05) is 19.8 Å². The first-order chi connectivity index (χ1) is 18.9. The van der Waals surface area contributed by atoms with Gasteiger partial charge in [-0.2, -0.15) is 0 Å². The molecule has 1 N–H and O–H groups in total. The summed E-state index contributed by atoms with van der Waals surface area (Å²) in [7, 11) is -0.490. The first kappa shape index (κ1) is 29.4. The predicted molar refractivity (Wildman–Crippen MR) is 154 cm³/mol. The van der Waals surface area contributed by atoms with Gasteiger partial charge in [-0.05, 0) is 82.6 Å². The highest BCUT2D eigenvalue weighted by atomic mass is 16.7. The van der Waals surface area contributed by atoms with Gasteiger partial charge in [0.05, 0.1) is 36.9 Å². The number of nitrogens with zero attached hydrogens (tertiary/aromatic N) is 1. The van der Waals surface area contributed by atoms with E-state index in [9.17, 15) is 9.59 Å². The highest BCUT2D eigenvalue weighted by molar-refractivity contribution is 6.48. The predicted octanol–water partition coefficient (Wildman–Crippen LogP) is 4.79. The fraction of sp³-hybridized carbons (Fsp3) is 0.742. The van der Waals surface area contributed by atoms with Gasteiger partial charge in [0.2, 0.25) is 5.91 Å². The van der Waals surface area contributed by atoms with Gasteiger partial charge < -0.3 is 29.0 Å². The van der Waals surface area contributed by atoms with Crippen LogP contribution in [0.2, 0.25) is 0 Å². The third-order valence-corrected chi connectivity index (χ3v) is 9.73. The molecular formula is C31H47BN2O6. The number of carbonyl (C=O) groups is 2. The molecule has 9 heteroatoms. The second kappa shape index (κ2) is 11.3. The third kappa shape index (κ3) is 6.07. The smallest absolute Gasteiger partial charge is 0.444 e. The minimum absolute atomic E-state index is 0.0244. The third-order valence-electron chi connectivity index (χ3n) is 9.73. The van der Waals surface area contributed by atoms with Gasteiger partial charge in [-0.25, -0.2) is 4.79 Å². The number of benzene rings is 1. The molecule has 2 aliphatic heterocycles. The molecule has 2 bridgehead atoms. The van der Waals surface area contributed by atoms with Gasteiger partial charge in [0.15, 0.2) is 0 Å². The van der Waals surface area contributed by atoms with Crippen molar-refractivity contribution >= 4 is 19.1 Å². The number of rotatable bonds is 9. The van der Waals surface area contributed by atoms with Crippen molar-refractivity contribution in [3.8, 4) is 0 Å². The van der Waals surface area contributed by atoms with E-state index in [1.54, 1.807) is 4.90 Å². The maximum absolute atomic E-state index is 13.1. The molecular weight excluding hydrogens is 507 g/mol. The Hall–Kier alpha value is -2.10. The Morgan fingerprint density at radius 1 is 1.18 bits per heavy atom. The summed E-state index contributed by atoms with van der Waals surface area (Å²) < 4.78 is 24.7.